The van der Waals surface area contributed by atoms with Gasteiger partial charge in [-0.15, -0.1) is 11.3 Å². The maximum Gasteiger partial charge on any atom is 0.125 e. The summed E-state index contributed by atoms with van der Waals surface area (Å²) in [6.07, 6.45) is 0.938. The van der Waals surface area contributed by atoms with Crippen molar-refractivity contribution >= 4 is 11.3 Å². The predicted molar refractivity (Wildman–Crippen MR) is 73.5 cm³/mol. The molecule has 1 aromatic rings. The van der Waals surface area contributed by atoms with E-state index in [-0.39, 0.29) is 11.1 Å². The molecule has 0 aromatic carbocycles. The maximum atomic E-state index is 5.85. The average molecular weight is 256 g/mol. The molecule has 17 heavy (non-hydrogen) atoms. The minimum atomic E-state index is -0.249. The van der Waals surface area contributed by atoms with Gasteiger partial charge >= 0.3 is 0 Å². The number of nitrogens with zero attached hydrogens (tertiary/aromatic N) is 1. The van der Waals surface area contributed by atoms with E-state index in [1.807, 2.05) is 14.0 Å². The van der Waals surface area contributed by atoms with Gasteiger partial charge in [-0.3, -0.25) is 0 Å². The third-order valence-corrected chi connectivity index (χ3v) is 4.45. The number of hydrogen-bond acceptors (Lipinski definition) is 4. The van der Waals surface area contributed by atoms with E-state index in [0.717, 1.165) is 17.1 Å². The third kappa shape index (κ3) is 3.06. The molecule has 98 valence electrons. The topological polar surface area (TPSA) is 34.1 Å². The normalized spacial score (nSPS) is 15.9. The van der Waals surface area contributed by atoms with Crippen molar-refractivity contribution in [1.82, 2.24) is 10.3 Å². The van der Waals surface area contributed by atoms with Crippen LogP contribution in [0.4, 0.5) is 0 Å². The van der Waals surface area contributed by atoms with Gasteiger partial charge in [0.2, 0.25) is 0 Å². The molecule has 1 aromatic heterocycles. The molecule has 1 atom stereocenters. The maximum absolute atomic E-state index is 5.85. The SMILES string of the molecule is CCOC(C)(CC)c1nc(C(C)(C)NC)cs1. The van der Waals surface area contributed by atoms with E-state index < -0.39 is 0 Å². The molecule has 0 bridgehead atoms. The van der Waals surface area contributed by atoms with Gasteiger partial charge in [0.1, 0.15) is 10.6 Å². The molecule has 0 aliphatic carbocycles. The summed E-state index contributed by atoms with van der Waals surface area (Å²) in [6, 6.07) is 0. The van der Waals surface area contributed by atoms with E-state index in [1.165, 1.54) is 0 Å². The van der Waals surface area contributed by atoms with E-state index in [0.29, 0.717) is 6.61 Å². The van der Waals surface area contributed by atoms with Crippen LogP contribution in [0.5, 0.6) is 0 Å². The molecule has 0 aliphatic heterocycles. The lowest BCUT2D eigenvalue weighted by atomic mass is 10.0. The van der Waals surface area contributed by atoms with Crippen molar-refractivity contribution in [3.8, 4) is 0 Å². The summed E-state index contributed by atoms with van der Waals surface area (Å²) in [5.74, 6) is 0. The molecule has 1 unspecified atom stereocenters. The summed E-state index contributed by atoms with van der Waals surface area (Å²) in [5, 5.41) is 6.47. The van der Waals surface area contributed by atoms with Gasteiger partial charge in [0, 0.05) is 12.0 Å². The summed E-state index contributed by atoms with van der Waals surface area (Å²) in [4.78, 5) is 4.75. The van der Waals surface area contributed by atoms with Crippen LogP contribution in [-0.4, -0.2) is 18.6 Å². The smallest absolute Gasteiger partial charge is 0.125 e. The van der Waals surface area contributed by atoms with Crippen LogP contribution in [-0.2, 0) is 15.9 Å². The van der Waals surface area contributed by atoms with Gasteiger partial charge in [-0.1, -0.05) is 6.92 Å². The van der Waals surface area contributed by atoms with Gasteiger partial charge in [-0.25, -0.2) is 4.98 Å². The Morgan fingerprint density at radius 1 is 1.35 bits per heavy atom. The fourth-order valence-electron chi connectivity index (χ4n) is 1.57. The van der Waals surface area contributed by atoms with Gasteiger partial charge in [0.25, 0.3) is 0 Å². The zero-order chi connectivity index (χ0) is 13.1. The lowest BCUT2D eigenvalue weighted by Crippen LogP contribution is -2.34. The predicted octanol–water partition coefficient (Wildman–Crippen LogP) is 3.26. The zero-order valence-corrected chi connectivity index (χ0v) is 12.6. The second-order valence-electron chi connectivity index (χ2n) is 4.93. The number of thiazole rings is 1. The lowest BCUT2D eigenvalue weighted by Gasteiger charge is -2.26. The van der Waals surface area contributed by atoms with Crippen LogP contribution in [0.15, 0.2) is 5.38 Å². The molecule has 3 nitrogen and oxygen atoms in total. The van der Waals surface area contributed by atoms with Crippen LogP contribution in [0.25, 0.3) is 0 Å². The van der Waals surface area contributed by atoms with E-state index in [9.17, 15) is 0 Å². The van der Waals surface area contributed by atoms with Crippen molar-refractivity contribution in [2.24, 2.45) is 0 Å². The summed E-state index contributed by atoms with van der Waals surface area (Å²) < 4.78 is 5.85. The van der Waals surface area contributed by atoms with Gasteiger partial charge in [-0.05, 0) is 41.2 Å². The molecule has 1 heterocycles. The first kappa shape index (κ1) is 14.6. The zero-order valence-electron chi connectivity index (χ0n) is 11.8. The molecule has 0 saturated carbocycles. The highest BCUT2D eigenvalue weighted by atomic mass is 32.1. The number of hydrogen-bond donors (Lipinski definition) is 1. The first-order chi connectivity index (χ1) is 7.89. The minimum Gasteiger partial charge on any atom is -0.368 e. The Balaban J connectivity index is 3.01. The summed E-state index contributed by atoms with van der Waals surface area (Å²) in [6.45, 7) is 11.3. The number of nitrogens with one attached hydrogen (secondary N) is 1. The summed E-state index contributed by atoms with van der Waals surface area (Å²) >= 11 is 1.69. The number of ether oxygens (including phenoxy) is 1. The summed E-state index contributed by atoms with van der Waals surface area (Å²) in [5.41, 5.74) is 0.747. The van der Waals surface area contributed by atoms with Gasteiger partial charge in [0.15, 0.2) is 0 Å². The highest BCUT2D eigenvalue weighted by Gasteiger charge is 2.31. The van der Waals surface area contributed by atoms with E-state index >= 15 is 0 Å². The Kier molecular flexibility index (Phi) is 4.69. The Morgan fingerprint density at radius 3 is 2.47 bits per heavy atom. The Hall–Kier alpha value is -0.450. The standard InChI is InChI=1S/C13H24N2OS/c1-7-13(5,16-8-2)11-15-10(9-17-11)12(3,4)14-6/h9,14H,7-8H2,1-6H3. The van der Waals surface area contributed by atoms with Crippen molar-refractivity contribution in [1.29, 1.82) is 0 Å². The second-order valence-corrected chi connectivity index (χ2v) is 5.79. The van der Waals surface area contributed by atoms with Crippen molar-refractivity contribution in [2.45, 2.75) is 52.2 Å². The Labute approximate surface area is 109 Å². The third-order valence-electron chi connectivity index (χ3n) is 3.36. The van der Waals surface area contributed by atoms with E-state index in [1.54, 1.807) is 11.3 Å². The fraction of sp³-hybridized carbons (Fsp3) is 0.769. The van der Waals surface area contributed by atoms with Gasteiger partial charge in [-0.2, -0.15) is 0 Å². The molecular formula is C13H24N2OS. The quantitative estimate of drug-likeness (QED) is 0.848. The van der Waals surface area contributed by atoms with Gasteiger partial charge < -0.3 is 10.1 Å². The number of rotatable bonds is 6. The Morgan fingerprint density at radius 2 is 2.00 bits per heavy atom. The first-order valence-corrected chi connectivity index (χ1v) is 7.07. The van der Waals surface area contributed by atoms with E-state index in [2.05, 4.69) is 38.4 Å². The lowest BCUT2D eigenvalue weighted by molar-refractivity contribution is -0.0326. The molecule has 1 N–H and O–H groups in total. The molecular weight excluding hydrogens is 232 g/mol. The molecule has 0 saturated heterocycles. The van der Waals surface area contributed by atoms with Crippen molar-refractivity contribution in [3.63, 3.8) is 0 Å². The van der Waals surface area contributed by atoms with Crippen molar-refractivity contribution in [2.75, 3.05) is 13.7 Å². The van der Waals surface area contributed by atoms with Crippen LogP contribution in [0.3, 0.4) is 0 Å². The number of aromatic nitrogens is 1. The Bertz CT molecular complexity index is 362. The van der Waals surface area contributed by atoms with E-state index in [4.69, 9.17) is 9.72 Å². The van der Waals surface area contributed by atoms with Crippen LogP contribution in [0.1, 0.15) is 51.7 Å². The second kappa shape index (κ2) is 5.46. The van der Waals surface area contributed by atoms with Crippen LogP contribution < -0.4 is 5.32 Å². The molecule has 4 heteroatoms. The average Bonchev–Trinajstić information content (AvgIpc) is 2.79. The van der Waals surface area contributed by atoms with Crippen LogP contribution in [0, 0.1) is 0 Å². The molecule has 0 aliphatic rings. The fourth-order valence-corrected chi connectivity index (χ4v) is 2.74. The highest BCUT2D eigenvalue weighted by Crippen LogP contribution is 2.33. The molecule has 0 radical (unpaired) electrons. The molecule has 0 fully saturated rings. The highest BCUT2D eigenvalue weighted by molar-refractivity contribution is 7.09. The molecule has 1 rings (SSSR count). The van der Waals surface area contributed by atoms with Gasteiger partial charge in [0.05, 0.1) is 11.2 Å². The molecule has 0 amide bonds. The molecule has 0 spiro atoms. The first-order valence-electron chi connectivity index (χ1n) is 6.19. The van der Waals surface area contributed by atoms with Crippen LogP contribution in [0.2, 0.25) is 0 Å². The van der Waals surface area contributed by atoms with Crippen molar-refractivity contribution in [3.05, 3.63) is 16.1 Å². The minimum absolute atomic E-state index is 0.0877. The van der Waals surface area contributed by atoms with Crippen LogP contribution >= 0.6 is 11.3 Å². The van der Waals surface area contributed by atoms with Crippen molar-refractivity contribution < 1.29 is 4.74 Å². The summed E-state index contributed by atoms with van der Waals surface area (Å²) in [7, 11) is 1.96. The monoisotopic (exact) mass is 256 g/mol. The largest absolute Gasteiger partial charge is 0.368 e.